The Balaban J connectivity index is 2.21. The summed E-state index contributed by atoms with van der Waals surface area (Å²) in [6, 6.07) is 9.37. The summed E-state index contributed by atoms with van der Waals surface area (Å²) in [4.78, 5) is 0. The average molecular weight is 296 g/mol. The second kappa shape index (κ2) is 6.06. The fourth-order valence-corrected chi connectivity index (χ4v) is 2.18. The standard InChI is InChI=1S/C17H19F3O/c1-13(2)12-21-16(17(18,19)20)10-8-15(9-11-16)14-6-4-3-5-7-14/h3-10,13H,11-12H2,1-2H3. The SMILES string of the molecule is CC(C)COC1(C(F)(F)F)C=CC(c2ccccc2)=CC1. The molecule has 0 saturated heterocycles. The summed E-state index contributed by atoms with van der Waals surface area (Å²) >= 11 is 0. The average Bonchev–Trinajstić information content (AvgIpc) is 2.45. The molecule has 0 heterocycles. The van der Waals surface area contributed by atoms with Crippen LogP contribution in [-0.4, -0.2) is 18.4 Å². The summed E-state index contributed by atoms with van der Waals surface area (Å²) in [5.74, 6) is 0.0529. The van der Waals surface area contributed by atoms with Crippen molar-refractivity contribution in [1.29, 1.82) is 0 Å². The van der Waals surface area contributed by atoms with Gasteiger partial charge in [-0.3, -0.25) is 0 Å². The number of ether oxygens (including phenoxy) is 1. The van der Waals surface area contributed by atoms with Gasteiger partial charge in [0.15, 0.2) is 5.60 Å². The molecule has 0 spiro atoms. The first-order chi connectivity index (χ1) is 9.84. The van der Waals surface area contributed by atoms with E-state index in [1.807, 2.05) is 44.2 Å². The normalized spacial score (nSPS) is 22.5. The Kier molecular flexibility index (Phi) is 4.57. The van der Waals surface area contributed by atoms with Gasteiger partial charge in [0, 0.05) is 6.42 Å². The molecule has 1 nitrogen and oxygen atoms in total. The van der Waals surface area contributed by atoms with Crippen molar-refractivity contribution < 1.29 is 17.9 Å². The van der Waals surface area contributed by atoms with E-state index >= 15 is 0 Å². The first kappa shape index (κ1) is 15.8. The van der Waals surface area contributed by atoms with Crippen molar-refractivity contribution in [2.45, 2.75) is 32.0 Å². The predicted octanol–water partition coefficient (Wildman–Crippen LogP) is 5.00. The van der Waals surface area contributed by atoms with Crippen LogP contribution in [0.15, 0.2) is 48.6 Å². The molecule has 21 heavy (non-hydrogen) atoms. The molecule has 1 unspecified atom stereocenters. The van der Waals surface area contributed by atoms with Gasteiger partial charge in [0.2, 0.25) is 0 Å². The van der Waals surface area contributed by atoms with Gasteiger partial charge in [-0.1, -0.05) is 56.3 Å². The van der Waals surface area contributed by atoms with E-state index in [0.29, 0.717) is 0 Å². The van der Waals surface area contributed by atoms with Crippen LogP contribution in [0.25, 0.3) is 5.57 Å². The second-order valence-electron chi connectivity index (χ2n) is 5.66. The van der Waals surface area contributed by atoms with E-state index in [9.17, 15) is 13.2 Å². The molecule has 0 N–H and O–H groups in total. The van der Waals surface area contributed by atoms with Crippen molar-refractivity contribution in [3.63, 3.8) is 0 Å². The van der Waals surface area contributed by atoms with Crippen molar-refractivity contribution in [3.05, 3.63) is 54.1 Å². The predicted molar refractivity (Wildman–Crippen MR) is 77.8 cm³/mol. The van der Waals surface area contributed by atoms with Crippen LogP contribution >= 0.6 is 0 Å². The molecule has 0 aliphatic heterocycles. The summed E-state index contributed by atoms with van der Waals surface area (Å²) in [5, 5.41) is 0. The smallest absolute Gasteiger partial charge is 0.361 e. The van der Waals surface area contributed by atoms with E-state index in [0.717, 1.165) is 17.2 Å². The van der Waals surface area contributed by atoms with Crippen molar-refractivity contribution >= 4 is 5.57 Å². The highest BCUT2D eigenvalue weighted by Gasteiger charge is 2.54. The summed E-state index contributed by atoms with van der Waals surface area (Å²) in [6.07, 6.45) is -0.353. The third-order valence-electron chi connectivity index (χ3n) is 3.42. The molecular weight excluding hydrogens is 277 g/mol. The van der Waals surface area contributed by atoms with Gasteiger partial charge in [-0.15, -0.1) is 0 Å². The number of allylic oxidation sites excluding steroid dienone is 2. The highest BCUT2D eigenvalue weighted by atomic mass is 19.4. The molecule has 1 atom stereocenters. The minimum absolute atomic E-state index is 0.0529. The van der Waals surface area contributed by atoms with E-state index in [1.54, 1.807) is 6.08 Å². The van der Waals surface area contributed by atoms with Crippen LogP contribution in [0.3, 0.4) is 0 Å². The summed E-state index contributed by atoms with van der Waals surface area (Å²) < 4.78 is 45.3. The lowest BCUT2D eigenvalue weighted by Gasteiger charge is -2.35. The zero-order chi connectivity index (χ0) is 15.5. The maximum atomic E-state index is 13.4. The van der Waals surface area contributed by atoms with Crippen LogP contribution < -0.4 is 0 Å². The number of benzene rings is 1. The zero-order valence-electron chi connectivity index (χ0n) is 12.2. The van der Waals surface area contributed by atoms with Crippen LogP contribution in [0.4, 0.5) is 13.2 Å². The summed E-state index contributed by atoms with van der Waals surface area (Å²) in [7, 11) is 0. The monoisotopic (exact) mass is 296 g/mol. The topological polar surface area (TPSA) is 9.23 Å². The zero-order valence-corrected chi connectivity index (χ0v) is 12.2. The number of rotatable bonds is 4. The quantitative estimate of drug-likeness (QED) is 0.759. The van der Waals surface area contributed by atoms with Crippen LogP contribution in [0, 0.1) is 5.92 Å². The highest BCUT2D eigenvalue weighted by molar-refractivity contribution is 5.75. The molecule has 1 aliphatic rings. The minimum Gasteiger partial charge on any atom is -0.361 e. The van der Waals surface area contributed by atoms with E-state index in [2.05, 4.69) is 0 Å². The Morgan fingerprint density at radius 3 is 2.33 bits per heavy atom. The van der Waals surface area contributed by atoms with Gasteiger partial charge in [-0.2, -0.15) is 13.2 Å². The third-order valence-corrected chi connectivity index (χ3v) is 3.42. The van der Waals surface area contributed by atoms with Crippen molar-refractivity contribution in [1.82, 2.24) is 0 Å². The lowest BCUT2D eigenvalue weighted by molar-refractivity contribution is -0.258. The van der Waals surface area contributed by atoms with Crippen LogP contribution in [0.1, 0.15) is 25.8 Å². The van der Waals surface area contributed by atoms with Gasteiger partial charge in [0.1, 0.15) is 0 Å². The maximum Gasteiger partial charge on any atom is 0.421 e. The Morgan fingerprint density at radius 1 is 1.19 bits per heavy atom. The van der Waals surface area contributed by atoms with Crippen LogP contribution in [0.5, 0.6) is 0 Å². The molecule has 1 aromatic carbocycles. The number of alkyl halides is 3. The molecule has 1 aromatic rings. The molecule has 0 saturated carbocycles. The maximum absolute atomic E-state index is 13.4. The highest BCUT2D eigenvalue weighted by Crippen LogP contribution is 2.42. The minimum atomic E-state index is -4.42. The molecule has 0 bridgehead atoms. The molecule has 1 aliphatic carbocycles. The van der Waals surface area contributed by atoms with Gasteiger partial charge in [-0.05, 0) is 23.1 Å². The van der Waals surface area contributed by atoms with Gasteiger partial charge in [-0.25, -0.2) is 0 Å². The van der Waals surface area contributed by atoms with Crippen LogP contribution in [-0.2, 0) is 4.74 Å². The van der Waals surface area contributed by atoms with Gasteiger partial charge >= 0.3 is 6.18 Å². The van der Waals surface area contributed by atoms with E-state index in [1.165, 1.54) is 6.08 Å². The molecule has 0 fully saturated rings. The number of hydrogen-bond acceptors (Lipinski definition) is 1. The lowest BCUT2D eigenvalue weighted by atomic mass is 9.88. The molecule has 0 aromatic heterocycles. The van der Waals surface area contributed by atoms with E-state index in [-0.39, 0.29) is 18.9 Å². The fourth-order valence-electron chi connectivity index (χ4n) is 2.18. The number of hydrogen-bond donors (Lipinski definition) is 0. The third kappa shape index (κ3) is 3.56. The summed E-state index contributed by atoms with van der Waals surface area (Å²) in [5.41, 5.74) is -0.493. The van der Waals surface area contributed by atoms with Gasteiger partial charge in [0.05, 0.1) is 6.61 Å². The fraction of sp³-hybridized carbons (Fsp3) is 0.412. The second-order valence-corrected chi connectivity index (χ2v) is 5.66. The molecular formula is C17H19F3O. The molecule has 4 heteroatoms. The van der Waals surface area contributed by atoms with E-state index in [4.69, 9.17) is 4.74 Å². The first-order valence-electron chi connectivity index (χ1n) is 6.99. The van der Waals surface area contributed by atoms with Crippen LogP contribution in [0.2, 0.25) is 0 Å². The largest absolute Gasteiger partial charge is 0.421 e. The number of halogens is 3. The first-order valence-corrected chi connectivity index (χ1v) is 6.99. The Labute approximate surface area is 123 Å². The molecule has 114 valence electrons. The van der Waals surface area contributed by atoms with E-state index < -0.39 is 11.8 Å². The van der Waals surface area contributed by atoms with Crippen molar-refractivity contribution in [3.8, 4) is 0 Å². The molecule has 0 radical (unpaired) electrons. The van der Waals surface area contributed by atoms with Gasteiger partial charge < -0.3 is 4.74 Å². The molecule has 2 rings (SSSR count). The Bertz CT molecular complexity index is 529. The Morgan fingerprint density at radius 2 is 1.86 bits per heavy atom. The lowest BCUT2D eigenvalue weighted by Crippen LogP contribution is -2.47. The van der Waals surface area contributed by atoms with Crippen molar-refractivity contribution in [2.75, 3.05) is 6.61 Å². The Hall–Kier alpha value is -1.55. The summed E-state index contributed by atoms with van der Waals surface area (Å²) in [6.45, 7) is 3.75. The van der Waals surface area contributed by atoms with Crippen molar-refractivity contribution in [2.24, 2.45) is 5.92 Å². The molecule has 0 amide bonds. The van der Waals surface area contributed by atoms with Gasteiger partial charge in [0.25, 0.3) is 0 Å².